The molecule has 0 radical (unpaired) electrons. The molecule has 2 N–H and O–H groups in total. The van der Waals surface area contributed by atoms with Crippen molar-refractivity contribution in [2.24, 2.45) is 0 Å². The molecular formula is C28H24FN3O2S. The Labute approximate surface area is 206 Å². The molecule has 0 atom stereocenters. The van der Waals surface area contributed by atoms with E-state index in [9.17, 15) is 9.50 Å². The lowest BCUT2D eigenvalue weighted by molar-refractivity contribution is 0.371. The van der Waals surface area contributed by atoms with Crippen LogP contribution in [0.2, 0.25) is 0 Å². The number of pyridine rings is 1. The maximum atomic E-state index is 13.9. The molecule has 35 heavy (non-hydrogen) atoms. The zero-order valence-corrected chi connectivity index (χ0v) is 20.4. The van der Waals surface area contributed by atoms with Gasteiger partial charge in [0.2, 0.25) is 0 Å². The smallest absolute Gasteiger partial charge is 0.161 e. The van der Waals surface area contributed by atoms with Crippen molar-refractivity contribution in [3.8, 4) is 33.9 Å². The summed E-state index contributed by atoms with van der Waals surface area (Å²) in [7, 11) is 1.54. The molecule has 0 saturated carbocycles. The predicted molar refractivity (Wildman–Crippen MR) is 140 cm³/mol. The SMILES string of the molecule is COc1cc(CNc2cnc(-c3ccc(F)c(C)c3)c(-c3ccc4ncsc4c3)c2)cc(C)c1O. The number of nitrogens with one attached hydrogen (secondary N) is 1. The van der Waals surface area contributed by atoms with Crippen LogP contribution in [0.4, 0.5) is 10.1 Å². The van der Waals surface area contributed by atoms with Crippen molar-refractivity contribution in [3.05, 3.63) is 88.8 Å². The number of benzene rings is 3. The van der Waals surface area contributed by atoms with Gasteiger partial charge in [-0.15, -0.1) is 11.3 Å². The number of aromatic hydroxyl groups is 1. The number of hydrogen-bond donors (Lipinski definition) is 2. The second-order valence-corrected chi connectivity index (χ2v) is 9.32. The van der Waals surface area contributed by atoms with E-state index >= 15 is 0 Å². The summed E-state index contributed by atoms with van der Waals surface area (Å²) in [5.41, 5.74) is 9.53. The van der Waals surface area contributed by atoms with Gasteiger partial charge in [0.25, 0.3) is 0 Å². The second-order valence-electron chi connectivity index (χ2n) is 8.44. The first-order valence-corrected chi connectivity index (χ1v) is 12.0. The number of aromatic nitrogens is 2. The lowest BCUT2D eigenvalue weighted by Crippen LogP contribution is -2.02. The molecule has 0 aliphatic carbocycles. The topological polar surface area (TPSA) is 67.3 Å². The van der Waals surface area contributed by atoms with Gasteiger partial charge in [-0.3, -0.25) is 4.98 Å². The van der Waals surface area contributed by atoms with Crippen LogP contribution >= 0.6 is 11.3 Å². The number of phenols is 1. The Balaban J connectivity index is 1.54. The van der Waals surface area contributed by atoms with Crippen LogP contribution in [0.15, 0.2) is 66.3 Å². The van der Waals surface area contributed by atoms with E-state index < -0.39 is 0 Å². The highest BCUT2D eigenvalue weighted by Crippen LogP contribution is 2.36. The number of thiazole rings is 1. The number of anilines is 1. The van der Waals surface area contributed by atoms with Crippen molar-refractivity contribution >= 4 is 27.2 Å². The first kappa shape index (κ1) is 22.8. The zero-order chi connectivity index (χ0) is 24.5. The number of rotatable bonds is 6. The fraction of sp³-hybridized carbons (Fsp3) is 0.143. The Morgan fingerprint density at radius 3 is 2.60 bits per heavy atom. The van der Waals surface area contributed by atoms with E-state index in [1.54, 1.807) is 30.5 Å². The molecule has 0 amide bonds. The standard InChI is InChI=1S/C28H24FN3O2S/c1-16-9-20(4-6-23(16)29)27-22(19-5-7-24-26(11-19)35-15-32-24)12-21(14-31-27)30-13-18-8-17(2)28(33)25(10-18)34-3/h4-12,14-15,30,33H,13H2,1-3H3. The summed E-state index contributed by atoms with van der Waals surface area (Å²) >= 11 is 1.59. The molecular weight excluding hydrogens is 461 g/mol. The fourth-order valence-electron chi connectivity index (χ4n) is 4.11. The molecule has 5 aromatic rings. The highest BCUT2D eigenvalue weighted by Gasteiger charge is 2.14. The van der Waals surface area contributed by atoms with E-state index in [4.69, 9.17) is 9.72 Å². The van der Waals surface area contributed by atoms with Gasteiger partial charge in [-0.2, -0.15) is 0 Å². The number of methoxy groups -OCH3 is 1. The summed E-state index contributed by atoms with van der Waals surface area (Å²) in [6.07, 6.45) is 1.78. The van der Waals surface area contributed by atoms with Gasteiger partial charge in [0.05, 0.1) is 40.4 Å². The van der Waals surface area contributed by atoms with Gasteiger partial charge in [-0.1, -0.05) is 12.1 Å². The zero-order valence-electron chi connectivity index (χ0n) is 19.6. The Bertz CT molecular complexity index is 1550. The average Bonchev–Trinajstić information content (AvgIpc) is 3.34. The van der Waals surface area contributed by atoms with Gasteiger partial charge in [-0.05, 0) is 78.6 Å². The first-order chi connectivity index (χ1) is 16.9. The van der Waals surface area contributed by atoms with Crippen LogP contribution in [-0.4, -0.2) is 22.2 Å². The van der Waals surface area contributed by atoms with E-state index in [0.717, 1.165) is 49.4 Å². The fourth-order valence-corrected chi connectivity index (χ4v) is 4.82. The van der Waals surface area contributed by atoms with Crippen molar-refractivity contribution in [2.45, 2.75) is 20.4 Å². The Morgan fingerprint density at radius 1 is 0.971 bits per heavy atom. The summed E-state index contributed by atoms with van der Waals surface area (Å²) in [6.45, 7) is 4.13. The van der Waals surface area contributed by atoms with Crippen molar-refractivity contribution in [1.29, 1.82) is 0 Å². The number of fused-ring (bicyclic) bond motifs is 1. The molecule has 0 bridgehead atoms. The van der Waals surface area contributed by atoms with Crippen LogP contribution in [-0.2, 0) is 6.54 Å². The van der Waals surface area contributed by atoms with Gasteiger partial charge >= 0.3 is 0 Å². The quantitative estimate of drug-likeness (QED) is 0.268. The van der Waals surface area contributed by atoms with Crippen molar-refractivity contribution < 1.29 is 14.2 Å². The van der Waals surface area contributed by atoms with E-state index in [2.05, 4.69) is 22.4 Å². The maximum absolute atomic E-state index is 13.9. The molecule has 0 fully saturated rings. The third-order valence-electron chi connectivity index (χ3n) is 6.00. The molecule has 0 aliphatic rings. The van der Waals surface area contributed by atoms with Gasteiger partial charge in [0, 0.05) is 17.7 Å². The molecule has 5 nitrogen and oxygen atoms in total. The van der Waals surface area contributed by atoms with Gasteiger partial charge in [0.1, 0.15) is 5.82 Å². The third-order valence-corrected chi connectivity index (χ3v) is 6.79. The molecule has 2 heterocycles. The number of hydrogen-bond acceptors (Lipinski definition) is 6. The number of phenolic OH excluding ortho intramolecular Hbond substituents is 1. The highest BCUT2D eigenvalue weighted by atomic mass is 32.1. The third kappa shape index (κ3) is 4.55. The second kappa shape index (κ2) is 9.35. The molecule has 0 spiro atoms. The average molecular weight is 486 g/mol. The minimum atomic E-state index is -0.237. The molecule has 176 valence electrons. The number of halogens is 1. The minimum Gasteiger partial charge on any atom is -0.504 e. The van der Waals surface area contributed by atoms with E-state index in [0.29, 0.717) is 17.9 Å². The summed E-state index contributed by atoms with van der Waals surface area (Å²) in [5.74, 6) is 0.359. The maximum Gasteiger partial charge on any atom is 0.161 e. The number of nitrogens with zero attached hydrogens (tertiary/aromatic N) is 2. The molecule has 3 aromatic carbocycles. The summed E-state index contributed by atoms with van der Waals surface area (Å²) in [5, 5.41) is 13.6. The number of aryl methyl sites for hydroxylation is 2. The summed E-state index contributed by atoms with van der Waals surface area (Å²) in [6, 6.07) is 17.0. The van der Waals surface area contributed by atoms with Gasteiger partial charge < -0.3 is 15.2 Å². The van der Waals surface area contributed by atoms with Gasteiger partial charge in [0.15, 0.2) is 11.5 Å². The van der Waals surface area contributed by atoms with E-state index in [1.807, 2.05) is 42.8 Å². The largest absolute Gasteiger partial charge is 0.504 e. The van der Waals surface area contributed by atoms with Crippen LogP contribution in [0.25, 0.3) is 32.6 Å². The van der Waals surface area contributed by atoms with Gasteiger partial charge in [-0.25, -0.2) is 9.37 Å². The van der Waals surface area contributed by atoms with Crippen molar-refractivity contribution in [1.82, 2.24) is 9.97 Å². The first-order valence-electron chi connectivity index (χ1n) is 11.1. The molecule has 0 unspecified atom stereocenters. The number of ether oxygens (including phenoxy) is 1. The Morgan fingerprint density at radius 2 is 1.80 bits per heavy atom. The monoisotopic (exact) mass is 485 g/mol. The van der Waals surface area contributed by atoms with Crippen LogP contribution in [0.3, 0.4) is 0 Å². The van der Waals surface area contributed by atoms with Crippen LogP contribution in [0.1, 0.15) is 16.7 Å². The van der Waals surface area contributed by atoms with E-state index in [-0.39, 0.29) is 11.6 Å². The highest BCUT2D eigenvalue weighted by molar-refractivity contribution is 7.16. The van der Waals surface area contributed by atoms with E-state index in [1.165, 1.54) is 13.2 Å². The molecule has 5 rings (SSSR count). The summed E-state index contributed by atoms with van der Waals surface area (Å²) < 4.78 is 20.3. The van der Waals surface area contributed by atoms with Crippen LogP contribution < -0.4 is 10.1 Å². The molecule has 7 heteroatoms. The van der Waals surface area contributed by atoms with Crippen LogP contribution in [0, 0.1) is 19.7 Å². The molecule has 2 aromatic heterocycles. The Hall–Kier alpha value is -3.97. The lowest BCUT2D eigenvalue weighted by atomic mass is 9.97. The van der Waals surface area contributed by atoms with Crippen molar-refractivity contribution in [2.75, 3.05) is 12.4 Å². The minimum absolute atomic E-state index is 0.151. The molecule has 0 aliphatic heterocycles. The Kier molecular flexibility index (Phi) is 6.09. The molecule has 0 saturated heterocycles. The van der Waals surface area contributed by atoms with Crippen molar-refractivity contribution in [3.63, 3.8) is 0 Å². The van der Waals surface area contributed by atoms with Crippen LogP contribution in [0.5, 0.6) is 11.5 Å². The predicted octanol–water partition coefficient (Wildman–Crippen LogP) is 7.11. The normalized spacial score (nSPS) is 11.1. The summed E-state index contributed by atoms with van der Waals surface area (Å²) in [4.78, 5) is 9.16. The lowest BCUT2D eigenvalue weighted by Gasteiger charge is -2.15.